The molecule has 0 aliphatic heterocycles. The van der Waals surface area contributed by atoms with Gasteiger partial charge in [0.15, 0.2) is 0 Å². The number of amides is 2. The fourth-order valence-corrected chi connectivity index (χ4v) is 2.07. The SMILES string of the molecule is CCCCOC(=O)[C@@H](NC(=O)[C@@H](NC(C)=O)C(C)CC)C(C)C. The van der Waals surface area contributed by atoms with Gasteiger partial charge in [0.1, 0.15) is 12.1 Å². The molecular formula is C17H32N2O4. The van der Waals surface area contributed by atoms with Crippen molar-refractivity contribution in [3.05, 3.63) is 0 Å². The average molecular weight is 328 g/mol. The van der Waals surface area contributed by atoms with E-state index >= 15 is 0 Å². The summed E-state index contributed by atoms with van der Waals surface area (Å²) in [7, 11) is 0. The second kappa shape index (κ2) is 11.0. The van der Waals surface area contributed by atoms with E-state index in [1.165, 1.54) is 6.92 Å². The van der Waals surface area contributed by atoms with Crippen molar-refractivity contribution in [2.75, 3.05) is 6.61 Å². The Kier molecular flexibility index (Phi) is 10.3. The highest BCUT2D eigenvalue weighted by Gasteiger charge is 2.31. The highest BCUT2D eigenvalue weighted by molar-refractivity contribution is 5.90. The lowest BCUT2D eigenvalue weighted by Crippen LogP contribution is -2.55. The second-order valence-corrected chi connectivity index (χ2v) is 6.32. The maximum atomic E-state index is 12.5. The van der Waals surface area contributed by atoms with E-state index in [0.717, 1.165) is 19.3 Å². The Bertz CT molecular complexity index is 396. The van der Waals surface area contributed by atoms with E-state index in [-0.39, 0.29) is 23.7 Å². The Morgan fingerprint density at radius 1 is 1.00 bits per heavy atom. The molecule has 1 unspecified atom stereocenters. The summed E-state index contributed by atoms with van der Waals surface area (Å²) in [6.07, 6.45) is 2.47. The highest BCUT2D eigenvalue weighted by atomic mass is 16.5. The number of hydrogen-bond acceptors (Lipinski definition) is 4. The molecule has 0 aromatic heterocycles. The van der Waals surface area contributed by atoms with Crippen LogP contribution in [0.25, 0.3) is 0 Å². The van der Waals surface area contributed by atoms with Crippen LogP contribution >= 0.6 is 0 Å². The van der Waals surface area contributed by atoms with Gasteiger partial charge in [-0.25, -0.2) is 4.79 Å². The molecule has 6 heteroatoms. The van der Waals surface area contributed by atoms with Crippen LogP contribution in [0.15, 0.2) is 0 Å². The van der Waals surface area contributed by atoms with Crippen LogP contribution < -0.4 is 10.6 Å². The average Bonchev–Trinajstić information content (AvgIpc) is 2.48. The molecule has 0 spiro atoms. The molecule has 3 atom stereocenters. The first-order chi connectivity index (χ1) is 10.7. The standard InChI is InChI=1S/C17H32N2O4/c1-7-9-10-23-17(22)14(11(3)4)19-16(21)15(12(5)8-2)18-13(6)20/h11-12,14-15H,7-10H2,1-6H3,(H,18,20)(H,19,21)/t12?,14-,15-/m0/s1. The number of nitrogens with one attached hydrogen (secondary N) is 2. The monoisotopic (exact) mass is 328 g/mol. The van der Waals surface area contributed by atoms with E-state index in [9.17, 15) is 14.4 Å². The van der Waals surface area contributed by atoms with Gasteiger partial charge in [-0.2, -0.15) is 0 Å². The van der Waals surface area contributed by atoms with Crippen LogP contribution in [0.4, 0.5) is 0 Å². The molecule has 0 heterocycles. The minimum absolute atomic E-state index is 0.0252. The van der Waals surface area contributed by atoms with Gasteiger partial charge in [-0.3, -0.25) is 9.59 Å². The lowest BCUT2D eigenvalue weighted by atomic mass is 9.96. The Labute approximate surface area is 139 Å². The summed E-state index contributed by atoms with van der Waals surface area (Å²) in [5, 5.41) is 5.40. The summed E-state index contributed by atoms with van der Waals surface area (Å²) in [6, 6.07) is -1.36. The van der Waals surface area contributed by atoms with E-state index < -0.39 is 18.1 Å². The normalized spacial score (nSPS) is 14.7. The van der Waals surface area contributed by atoms with Gasteiger partial charge >= 0.3 is 5.97 Å². The minimum Gasteiger partial charge on any atom is -0.464 e. The molecule has 6 nitrogen and oxygen atoms in total. The van der Waals surface area contributed by atoms with Crippen molar-refractivity contribution in [3.8, 4) is 0 Å². The van der Waals surface area contributed by atoms with Gasteiger partial charge in [0, 0.05) is 6.92 Å². The van der Waals surface area contributed by atoms with E-state index in [1.54, 1.807) is 0 Å². The third-order valence-electron chi connectivity index (χ3n) is 3.81. The Hall–Kier alpha value is -1.59. The zero-order valence-corrected chi connectivity index (χ0v) is 15.3. The Morgan fingerprint density at radius 2 is 1.61 bits per heavy atom. The summed E-state index contributed by atoms with van der Waals surface area (Å²) in [6.45, 7) is 11.3. The molecule has 23 heavy (non-hydrogen) atoms. The van der Waals surface area contributed by atoms with Crippen LogP contribution in [-0.4, -0.2) is 36.5 Å². The summed E-state index contributed by atoms with van der Waals surface area (Å²) in [5.41, 5.74) is 0. The van der Waals surface area contributed by atoms with Crippen molar-refractivity contribution >= 4 is 17.8 Å². The molecule has 0 aromatic carbocycles. The van der Waals surface area contributed by atoms with Crippen molar-refractivity contribution in [1.29, 1.82) is 0 Å². The van der Waals surface area contributed by atoms with Crippen molar-refractivity contribution in [3.63, 3.8) is 0 Å². The number of carbonyl (C=O) groups excluding carboxylic acids is 3. The predicted molar refractivity (Wildman–Crippen MR) is 89.7 cm³/mol. The first-order valence-corrected chi connectivity index (χ1v) is 8.48. The number of esters is 1. The molecule has 134 valence electrons. The van der Waals surface area contributed by atoms with E-state index in [2.05, 4.69) is 10.6 Å². The Balaban J connectivity index is 4.91. The highest BCUT2D eigenvalue weighted by Crippen LogP contribution is 2.11. The van der Waals surface area contributed by atoms with Crippen molar-refractivity contribution in [2.45, 2.75) is 72.9 Å². The van der Waals surface area contributed by atoms with Crippen molar-refractivity contribution < 1.29 is 19.1 Å². The molecule has 0 aliphatic carbocycles. The third kappa shape index (κ3) is 8.00. The Morgan fingerprint density at radius 3 is 2.04 bits per heavy atom. The molecule has 0 radical (unpaired) electrons. The summed E-state index contributed by atoms with van der Waals surface area (Å²) < 4.78 is 5.21. The molecule has 0 saturated heterocycles. The summed E-state index contributed by atoms with van der Waals surface area (Å²) in [5.74, 6) is -1.16. The number of carbonyl (C=O) groups is 3. The van der Waals surface area contributed by atoms with Crippen LogP contribution in [0.1, 0.15) is 60.8 Å². The predicted octanol–water partition coefficient (Wildman–Crippen LogP) is 2.02. The van der Waals surface area contributed by atoms with Gasteiger partial charge in [0.25, 0.3) is 0 Å². The van der Waals surface area contributed by atoms with Gasteiger partial charge in [-0.15, -0.1) is 0 Å². The first kappa shape index (κ1) is 21.4. The molecule has 0 bridgehead atoms. The van der Waals surface area contributed by atoms with E-state index in [1.807, 2.05) is 34.6 Å². The van der Waals surface area contributed by atoms with Gasteiger partial charge in [-0.05, 0) is 18.3 Å². The maximum Gasteiger partial charge on any atom is 0.328 e. The first-order valence-electron chi connectivity index (χ1n) is 8.48. The number of unbranched alkanes of at least 4 members (excludes halogenated alkanes) is 1. The van der Waals surface area contributed by atoms with Crippen LogP contribution in [0.5, 0.6) is 0 Å². The minimum atomic E-state index is -0.709. The number of rotatable bonds is 10. The van der Waals surface area contributed by atoms with Crippen LogP contribution in [0, 0.1) is 11.8 Å². The molecule has 0 fully saturated rings. The maximum absolute atomic E-state index is 12.5. The molecule has 0 aliphatic rings. The van der Waals surface area contributed by atoms with E-state index in [0.29, 0.717) is 6.61 Å². The van der Waals surface area contributed by atoms with Crippen LogP contribution in [0.3, 0.4) is 0 Å². The van der Waals surface area contributed by atoms with Gasteiger partial charge in [0.2, 0.25) is 11.8 Å². The fourth-order valence-electron chi connectivity index (χ4n) is 2.07. The second-order valence-electron chi connectivity index (χ2n) is 6.32. The molecule has 2 N–H and O–H groups in total. The lowest BCUT2D eigenvalue weighted by Gasteiger charge is -2.27. The molecular weight excluding hydrogens is 296 g/mol. The zero-order chi connectivity index (χ0) is 18.0. The third-order valence-corrected chi connectivity index (χ3v) is 3.81. The van der Waals surface area contributed by atoms with Gasteiger partial charge in [-0.1, -0.05) is 47.5 Å². The smallest absolute Gasteiger partial charge is 0.328 e. The van der Waals surface area contributed by atoms with Crippen LogP contribution in [-0.2, 0) is 19.1 Å². The van der Waals surface area contributed by atoms with Gasteiger partial charge < -0.3 is 15.4 Å². The lowest BCUT2D eigenvalue weighted by molar-refractivity contribution is -0.149. The molecule has 0 rings (SSSR count). The van der Waals surface area contributed by atoms with E-state index in [4.69, 9.17) is 4.74 Å². The van der Waals surface area contributed by atoms with Crippen LogP contribution in [0.2, 0.25) is 0 Å². The largest absolute Gasteiger partial charge is 0.464 e. The zero-order valence-electron chi connectivity index (χ0n) is 15.3. The fraction of sp³-hybridized carbons (Fsp3) is 0.824. The molecule has 0 saturated carbocycles. The molecule has 2 amide bonds. The van der Waals surface area contributed by atoms with Crippen molar-refractivity contribution in [1.82, 2.24) is 10.6 Å². The number of hydrogen-bond donors (Lipinski definition) is 2. The topological polar surface area (TPSA) is 84.5 Å². The van der Waals surface area contributed by atoms with Crippen molar-refractivity contribution in [2.24, 2.45) is 11.8 Å². The number of ether oxygens (including phenoxy) is 1. The van der Waals surface area contributed by atoms with Gasteiger partial charge in [0.05, 0.1) is 6.61 Å². The quantitative estimate of drug-likeness (QED) is 0.475. The summed E-state index contributed by atoms with van der Waals surface area (Å²) >= 11 is 0. The molecule has 0 aromatic rings. The summed E-state index contributed by atoms with van der Waals surface area (Å²) in [4.78, 5) is 36.0.